The van der Waals surface area contributed by atoms with Gasteiger partial charge in [0.15, 0.2) is 10.8 Å². The number of nitrogens with zero attached hydrogens (tertiary/aromatic N) is 6. The van der Waals surface area contributed by atoms with Gasteiger partial charge in [-0.3, -0.25) is 9.48 Å². The molecule has 1 saturated heterocycles. The van der Waals surface area contributed by atoms with E-state index in [4.69, 9.17) is 21.1 Å². The Morgan fingerprint density at radius 1 is 1.06 bits per heavy atom. The van der Waals surface area contributed by atoms with Crippen molar-refractivity contribution in [2.75, 3.05) is 13.2 Å². The molecule has 0 aromatic carbocycles. The summed E-state index contributed by atoms with van der Waals surface area (Å²) in [6, 6.07) is 5.33. The first-order valence-corrected chi connectivity index (χ1v) is 17.9. The smallest absolute Gasteiger partial charge is 0.410 e. The predicted octanol–water partition coefficient (Wildman–Crippen LogP) is 6.41. The van der Waals surface area contributed by atoms with Crippen molar-refractivity contribution in [3.05, 3.63) is 47.4 Å². The van der Waals surface area contributed by atoms with E-state index >= 15 is 0 Å². The third-order valence-electron chi connectivity index (χ3n) is 8.31. The number of sulfonamides is 1. The highest BCUT2D eigenvalue weighted by Gasteiger charge is 2.47. The summed E-state index contributed by atoms with van der Waals surface area (Å²) in [4.78, 5) is 31.5. The molecule has 50 heavy (non-hydrogen) atoms. The summed E-state index contributed by atoms with van der Waals surface area (Å²) < 4.78 is 80.8. The largest absolute Gasteiger partial charge is 0.477 e. The molecule has 3 aromatic heterocycles. The fourth-order valence-electron chi connectivity index (χ4n) is 5.39. The highest BCUT2D eigenvalue weighted by atomic mass is 35.5. The van der Waals surface area contributed by atoms with E-state index in [0.29, 0.717) is 19.5 Å². The molecule has 18 heteroatoms. The van der Waals surface area contributed by atoms with E-state index in [2.05, 4.69) is 15.2 Å². The summed E-state index contributed by atoms with van der Waals surface area (Å²) in [7, 11) is -4.36. The molecule has 13 nitrogen and oxygen atoms in total. The SMILES string of the molecule is CC(C)(C)OC(=O)N1C[C@@H](CCCn2ccc(S(=O)(=O)NC(=O)c3ccc(-n4ccc(OCCC(C)(C)C(F)(F)F)n4)nc3Cl)n2)CC1(C)C. The van der Waals surface area contributed by atoms with Crippen LogP contribution in [0.2, 0.25) is 5.15 Å². The second-order valence-corrected chi connectivity index (χ2v) is 16.5. The van der Waals surface area contributed by atoms with Gasteiger partial charge < -0.3 is 14.4 Å². The second-order valence-electron chi connectivity index (χ2n) is 14.6. The fraction of sp³-hybridized carbons (Fsp3) is 0.594. The normalized spacial score (nSPS) is 16.8. The number of hydrogen-bond donors (Lipinski definition) is 1. The monoisotopic (exact) mass is 745 g/mol. The lowest BCUT2D eigenvalue weighted by Crippen LogP contribution is -2.45. The Balaban J connectivity index is 1.30. The molecule has 1 aliphatic rings. The number of pyridine rings is 1. The number of aryl methyl sites for hydroxylation is 1. The van der Waals surface area contributed by atoms with E-state index in [1.807, 2.05) is 39.3 Å². The molecule has 0 bridgehead atoms. The summed E-state index contributed by atoms with van der Waals surface area (Å²) in [5, 5.41) is 7.58. The number of alkyl halides is 3. The predicted molar refractivity (Wildman–Crippen MR) is 178 cm³/mol. The maximum absolute atomic E-state index is 13.1. The van der Waals surface area contributed by atoms with Gasteiger partial charge in [0.05, 0.1) is 17.6 Å². The van der Waals surface area contributed by atoms with Crippen LogP contribution in [0.5, 0.6) is 5.88 Å². The van der Waals surface area contributed by atoms with Crippen LogP contribution in [-0.4, -0.2) is 80.3 Å². The summed E-state index contributed by atoms with van der Waals surface area (Å²) in [6.07, 6.45) is 0.225. The van der Waals surface area contributed by atoms with Gasteiger partial charge in [0.2, 0.25) is 5.88 Å². The molecule has 0 aliphatic carbocycles. The van der Waals surface area contributed by atoms with Crippen molar-refractivity contribution in [1.82, 2.24) is 34.2 Å². The zero-order valence-corrected chi connectivity index (χ0v) is 30.6. The highest BCUT2D eigenvalue weighted by Crippen LogP contribution is 2.40. The van der Waals surface area contributed by atoms with Crippen LogP contribution in [0.3, 0.4) is 0 Å². The lowest BCUT2D eigenvalue weighted by atomic mass is 9.89. The first-order valence-electron chi connectivity index (χ1n) is 16.0. The van der Waals surface area contributed by atoms with E-state index in [1.54, 1.807) is 4.90 Å². The Kier molecular flexibility index (Phi) is 11.2. The topological polar surface area (TPSA) is 151 Å². The van der Waals surface area contributed by atoms with E-state index in [1.165, 1.54) is 46.0 Å². The molecule has 0 unspecified atom stereocenters. The van der Waals surface area contributed by atoms with Crippen molar-refractivity contribution < 1.29 is 40.7 Å². The Morgan fingerprint density at radius 3 is 2.40 bits per heavy atom. The summed E-state index contributed by atoms with van der Waals surface area (Å²) in [5.41, 5.74) is -3.10. The number of halogens is 4. The molecule has 4 heterocycles. The molecule has 0 radical (unpaired) electrons. The molecule has 0 saturated carbocycles. The van der Waals surface area contributed by atoms with E-state index in [9.17, 15) is 31.2 Å². The first kappa shape index (κ1) is 38.9. The van der Waals surface area contributed by atoms with Crippen LogP contribution < -0.4 is 9.46 Å². The minimum absolute atomic E-state index is 0.0561. The van der Waals surface area contributed by atoms with Gasteiger partial charge in [-0.05, 0) is 84.4 Å². The number of amides is 2. The summed E-state index contributed by atoms with van der Waals surface area (Å²) in [5.74, 6) is -0.579. The maximum Gasteiger partial charge on any atom is 0.410 e. The van der Waals surface area contributed by atoms with Crippen LogP contribution in [-0.2, 0) is 21.3 Å². The Hall–Kier alpha value is -3.86. The number of likely N-dealkylation sites (tertiary alicyclic amines) is 1. The summed E-state index contributed by atoms with van der Waals surface area (Å²) in [6.45, 7) is 12.4. The van der Waals surface area contributed by atoms with Crippen molar-refractivity contribution in [1.29, 1.82) is 0 Å². The number of rotatable bonds is 12. The van der Waals surface area contributed by atoms with E-state index < -0.39 is 33.1 Å². The maximum atomic E-state index is 13.1. The number of carbonyl (C=O) groups is 2. The molecule has 1 fully saturated rings. The average Bonchev–Trinajstić information content (AvgIpc) is 3.70. The van der Waals surface area contributed by atoms with Gasteiger partial charge in [-0.25, -0.2) is 19.2 Å². The Labute approximate surface area is 294 Å². The van der Waals surface area contributed by atoms with E-state index in [-0.39, 0.29) is 58.0 Å². The van der Waals surface area contributed by atoms with Crippen LogP contribution in [0.15, 0.2) is 41.7 Å². The lowest BCUT2D eigenvalue weighted by Gasteiger charge is -2.33. The standard InChI is InChI=1S/C32H43ClF3N7O6S/c1-29(2,3)49-28(45)42-20-21(19-31(42,6)7)9-8-15-41-16-13-25(39-41)50(46,47)40-27(44)22-10-11-23(37-26(22)33)43-17-12-24(38-43)48-18-14-30(4,5)32(34,35)36/h10-13,16-17,21H,8-9,14-15,18-20H2,1-7H3,(H,40,44)/t21-/m0/s1. The molecular formula is C32H43ClF3N7O6S. The number of ether oxygens (including phenoxy) is 2. The van der Waals surface area contributed by atoms with Crippen LogP contribution in [0.4, 0.5) is 18.0 Å². The molecule has 1 atom stereocenters. The van der Waals surface area contributed by atoms with Gasteiger partial charge >= 0.3 is 12.3 Å². The zero-order valence-electron chi connectivity index (χ0n) is 29.0. The van der Waals surface area contributed by atoms with Gasteiger partial charge in [0.25, 0.3) is 15.9 Å². The molecular weight excluding hydrogens is 703 g/mol. The van der Waals surface area contributed by atoms with Crippen molar-refractivity contribution in [2.24, 2.45) is 11.3 Å². The molecule has 4 rings (SSSR count). The Bertz CT molecular complexity index is 1800. The van der Waals surface area contributed by atoms with Crippen molar-refractivity contribution in [2.45, 2.75) is 103 Å². The summed E-state index contributed by atoms with van der Waals surface area (Å²) >= 11 is 6.23. The lowest BCUT2D eigenvalue weighted by molar-refractivity contribution is -0.215. The van der Waals surface area contributed by atoms with Gasteiger partial charge in [-0.1, -0.05) is 25.4 Å². The fourth-order valence-corrected chi connectivity index (χ4v) is 6.53. The van der Waals surface area contributed by atoms with Crippen LogP contribution in [0.25, 0.3) is 5.82 Å². The van der Waals surface area contributed by atoms with Crippen molar-refractivity contribution in [3.63, 3.8) is 0 Å². The number of aromatic nitrogens is 5. The molecule has 276 valence electrons. The van der Waals surface area contributed by atoms with Crippen LogP contribution in [0.1, 0.15) is 84.5 Å². The number of carbonyl (C=O) groups excluding carboxylic acids is 2. The minimum atomic E-state index is -4.38. The van der Waals surface area contributed by atoms with Crippen LogP contribution in [0, 0.1) is 11.3 Å². The minimum Gasteiger partial charge on any atom is -0.477 e. The van der Waals surface area contributed by atoms with Crippen molar-refractivity contribution >= 4 is 33.6 Å². The first-order chi connectivity index (χ1) is 23.0. The van der Waals surface area contributed by atoms with Gasteiger partial charge in [0, 0.05) is 37.1 Å². The molecule has 3 aromatic rings. The molecule has 1 aliphatic heterocycles. The number of nitrogens with one attached hydrogen (secondary N) is 1. The molecule has 2 amide bonds. The van der Waals surface area contributed by atoms with E-state index in [0.717, 1.165) is 26.7 Å². The van der Waals surface area contributed by atoms with Crippen LogP contribution >= 0.6 is 11.6 Å². The van der Waals surface area contributed by atoms with Gasteiger partial charge in [-0.15, -0.1) is 5.10 Å². The highest BCUT2D eigenvalue weighted by molar-refractivity contribution is 7.90. The second kappa shape index (κ2) is 14.4. The number of hydrogen-bond acceptors (Lipinski definition) is 9. The molecule has 1 N–H and O–H groups in total. The molecule has 0 spiro atoms. The van der Waals surface area contributed by atoms with Gasteiger partial charge in [-0.2, -0.15) is 26.7 Å². The van der Waals surface area contributed by atoms with Gasteiger partial charge in [0.1, 0.15) is 10.8 Å². The third-order valence-corrected chi connectivity index (χ3v) is 9.82. The zero-order chi connectivity index (χ0) is 37.3. The quantitative estimate of drug-likeness (QED) is 0.208. The average molecular weight is 746 g/mol. The Morgan fingerprint density at radius 2 is 1.76 bits per heavy atom. The third kappa shape index (κ3) is 9.68. The van der Waals surface area contributed by atoms with Crippen molar-refractivity contribution in [3.8, 4) is 11.7 Å².